The van der Waals surface area contributed by atoms with E-state index >= 15 is 0 Å². The third-order valence-corrected chi connectivity index (χ3v) is 10.2. The zero-order valence-electron chi connectivity index (χ0n) is 14.7. The maximum Gasteiger partial charge on any atom is 0.0367 e. The van der Waals surface area contributed by atoms with Crippen molar-refractivity contribution in [1.82, 2.24) is 0 Å². The molecule has 4 unspecified atom stereocenters. The first-order valence-electron chi connectivity index (χ1n) is 9.16. The lowest BCUT2D eigenvalue weighted by atomic mass is 10.3. The number of benzene rings is 1. The maximum absolute atomic E-state index is 8.47. The topological polar surface area (TPSA) is 0 Å². The quantitative estimate of drug-likeness (QED) is 0.705. The van der Waals surface area contributed by atoms with Crippen LogP contribution in [-0.2, 0) is 0 Å². The normalized spacial score (nSPS) is 45.9. The summed E-state index contributed by atoms with van der Waals surface area (Å²) in [6.45, 7) is 0. The van der Waals surface area contributed by atoms with Crippen LogP contribution in [-0.4, -0.2) is 24.6 Å². The Hall–Kier alpha value is 0.0400. The van der Waals surface area contributed by atoms with E-state index in [0.717, 1.165) is 25.7 Å². The SMILES string of the molecule is [3H]C1CCC([3H])P1c1sc2ccccc2c1P1C([3H])CCC1[3H]. The molecule has 2 fully saturated rings. The molecule has 19 heavy (non-hydrogen) atoms. The summed E-state index contributed by atoms with van der Waals surface area (Å²) >= 11 is 1.76. The molecule has 0 bridgehead atoms. The van der Waals surface area contributed by atoms with Gasteiger partial charge in [0.25, 0.3) is 0 Å². The van der Waals surface area contributed by atoms with Gasteiger partial charge in [0.15, 0.2) is 0 Å². The van der Waals surface area contributed by atoms with Crippen LogP contribution in [0.25, 0.3) is 10.1 Å². The second-order valence-corrected chi connectivity index (χ2v) is 10.3. The lowest BCUT2D eigenvalue weighted by Gasteiger charge is -2.16. The average molecular weight is 314 g/mol. The Morgan fingerprint density at radius 2 is 1.53 bits per heavy atom. The van der Waals surface area contributed by atoms with Crippen molar-refractivity contribution in [3.05, 3.63) is 24.3 Å². The molecule has 1 aromatic carbocycles. The molecule has 2 aliphatic heterocycles. The smallest absolute Gasteiger partial charge is 0.0367 e. The van der Waals surface area contributed by atoms with E-state index in [1.54, 1.807) is 11.3 Å². The third kappa shape index (κ3) is 2.29. The summed E-state index contributed by atoms with van der Waals surface area (Å²) in [6.07, 6.45) is 2.77. The van der Waals surface area contributed by atoms with Crippen LogP contribution in [0.1, 0.15) is 31.2 Å². The molecule has 2 aliphatic rings. The molecule has 0 amide bonds. The van der Waals surface area contributed by atoms with Gasteiger partial charge in [0, 0.05) is 25.5 Å². The second-order valence-electron chi connectivity index (χ2n) is 4.95. The first kappa shape index (κ1) is 9.14. The summed E-state index contributed by atoms with van der Waals surface area (Å²) in [6, 6.07) is 8.35. The van der Waals surface area contributed by atoms with Gasteiger partial charge in [0.1, 0.15) is 0 Å². The average Bonchev–Trinajstić information content (AvgIpc) is 3.16. The molecular formula is C16H20P2S. The fourth-order valence-corrected chi connectivity index (χ4v) is 9.79. The first-order chi connectivity index (χ1) is 11.1. The fourth-order valence-electron chi connectivity index (χ4n) is 2.80. The molecule has 0 N–H and O–H groups in total. The standard InChI is InChI=1S/C16H20P2S/c1-2-8-14-13(7-1)15(17-9-3-4-10-17)16(19-14)18-11-5-6-12-18/h1-2,7-8H,3-6,9-12H2/i9T,10T,11T,12T. The van der Waals surface area contributed by atoms with Crippen LogP contribution in [0.5, 0.6) is 0 Å². The molecule has 0 saturated carbocycles. The molecule has 1 aromatic heterocycles. The van der Waals surface area contributed by atoms with Crippen molar-refractivity contribution < 1.29 is 5.48 Å². The molecule has 0 nitrogen and oxygen atoms in total. The Labute approximate surface area is 127 Å². The van der Waals surface area contributed by atoms with E-state index < -0.39 is 15.8 Å². The molecular weight excluding hydrogens is 286 g/mol. The Bertz CT molecular complexity index is 701. The third-order valence-electron chi connectivity index (χ3n) is 3.68. The Balaban J connectivity index is 1.92. The van der Waals surface area contributed by atoms with Gasteiger partial charge in [-0.15, -0.1) is 11.3 Å². The van der Waals surface area contributed by atoms with E-state index in [-0.39, 0.29) is 24.6 Å². The van der Waals surface area contributed by atoms with Crippen LogP contribution in [0.15, 0.2) is 24.3 Å². The highest BCUT2D eigenvalue weighted by molar-refractivity contribution is 7.77. The molecule has 2 aromatic rings. The Morgan fingerprint density at radius 3 is 2.26 bits per heavy atom. The molecule has 100 valence electrons. The largest absolute Gasteiger partial charge is 0.135 e. The van der Waals surface area contributed by atoms with Gasteiger partial charge in [0.05, 0.1) is 0 Å². The van der Waals surface area contributed by atoms with Crippen molar-refractivity contribution in [2.75, 3.05) is 24.6 Å². The van der Waals surface area contributed by atoms with Crippen molar-refractivity contribution in [2.24, 2.45) is 0 Å². The predicted molar refractivity (Wildman–Crippen MR) is 92.9 cm³/mol. The molecule has 0 aliphatic carbocycles. The summed E-state index contributed by atoms with van der Waals surface area (Å²) in [7, 11) is -1.59. The van der Waals surface area contributed by atoms with E-state index in [1.165, 1.54) is 20.0 Å². The van der Waals surface area contributed by atoms with Crippen molar-refractivity contribution in [1.29, 1.82) is 0 Å². The summed E-state index contributed by atoms with van der Waals surface area (Å²) in [4.78, 5) is 0. The monoisotopic (exact) mass is 314 g/mol. The van der Waals surface area contributed by atoms with Crippen molar-refractivity contribution in [3.8, 4) is 0 Å². The minimum atomic E-state index is -0.807. The predicted octanol–water partition coefficient (Wildman–Crippen LogP) is 4.70. The number of thiophene rings is 1. The number of rotatable bonds is 2. The molecule has 3 heterocycles. The van der Waals surface area contributed by atoms with Gasteiger partial charge in [-0.2, -0.15) is 0 Å². The van der Waals surface area contributed by atoms with E-state index in [9.17, 15) is 0 Å². The molecule has 2 saturated heterocycles. The zero-order chi connectivity index (χ0) is 16.1. The summed E-state index contributed by atoms with van der Waals surface area (Å²) in [5.41, 5.74) is 0. The fraction of sp³-hybridized carbons (Fsp3) is 0.500. The van der Waals surface area contributed by atoms with Crippen LogP contribution in [0.4, 0.5) is 0 Å². The van der Waals surface area contributed by atoms with Crippen LogP contribution in [0.3, 0.4) is 0 Å². The van der Waals surface area contributed by atoms with Crippen LogP contribution < -0.4 is 9.92 Å². The Morgan fingerprint density at radius 1 is 0.895 bits per heavy atom. The lowest BCUT2D eigenvalue weighted by molar-refractivity contribution is 0.949. The molecule has 0 radical (unpaired) electrons. The highest BCUT2D eigenvalue weighted by Gasteiger charge is 2.28. The second kappa shape index (κ2) is 5.44. The first-order valence-corrected chi connectivity index (χ1v) is 10.6. The molecule has 3 heteroatoms. The number of hydrogen-bond donors (Lipinski definition) is 0. The summed E-state index contributed by atoms with van der Waals surface area (Å²) in [5.74, 6) is 0. The minimum Gasteiger partial charge on any atom is -0.135 e. The summed E-state index contributed by atoms with van der Waals surface area (Å²) in [5, 5.41) is 2.45. The molecule has 0 spiro atoms. The maximum atomic E-state index is 8.47. The van der Waals surface area contributed by atoms with Crippen LogP contribution in [0, 0.1) is 0 Å². The van der Waals surface area contributed by atoms with Gasteiger partial charge in [-0.3, -0.25) is 0 Å². The number of hydrogen-bond acceptors (Lipinski definition) is 1. The van der Waals surface area contributed by atoms with E-state index in [2.05, 4.69) is 12.1 Å². The Kier molecular flexibility index (Phi) is 2.61. The zero-order valence-corrected chi connectivity index (χ0v) is 13.4. The summed E-state index contributed by atoms with van der Waals surface area (Å²) < 4.78 is 36.2. The number of fused-ring (bicyclic) bond motifs is 1. The van der Waals surface area contributed by atoms with E-state index in [0.29, 0.717) is 0 Å². The van der Waals surface area contributed by atoms with Crippen molar-refractivity contribution >= 4 is 47.2 Å². The van der Waals surface area contributed by atoms with E-state index in [4.69, 9.17) is 5.48 Å². The van der Waals surface area contributed by atoms with Crippen molar-refractivity contribution in [2.45, 2.75) is 25.7 Å². The highest BCUT2D eigenvalue weighted by Crippen LogP contribution is 2.51. The van der Waals surface area contributed by atoms with Gasteiger partial charge in [-0.25, -0.2) is 0 Å². The van der Waals surface area contributed by atoms with Crippen molar-refractivity contribution in [3.63, 3.8) is 0 Å². The van der Waals surface area contributed by atoms with Gasteiger partial charge < -0.3 is 0 Å². The highest BCUT2D eigenvalue weighted by atomic mass is 32.1. The lowest BCUT2D eigenvalue weighted by Crippen LogP contribution is -2.18. The van der Waals surface area contributed by atoms with Crippen LogP contribution >= 0.6 is 27.2 Å². The van der Waals surface area contributed by atoms with E-state index in [1.807, 2.05) is 12.1 Å². The van der Waals surface area contributed by atoms with Gasteiger partial charge in [-0.1, -0.05) is 34.0 Å². The minimum absolute atomic E-state index is 0.134. The molecule has 4 rings (SSSR count). The van der Waals surface area contributed by atoms with Gasteiger partial charge >= 0.3 is 0 Å². The van der Waals surface area contributed by atoms with Gasteiger partial charge in [0.2, 0.25) is 0 Å². The van der Waals surface area contributed by atoms with Gasteiger partial charge in [-0.05, 0) is 56.3 Å². The molecule has 4 atom stereocenters. The van der Waals surface area contributed by atoms with Crippen LogP contribution in [0.2, 0.25) is 0 Å².